The molecular formula is C11H10BrNO2. The second-order valence-corrected chi connectivity index (χ2v) is 4.78. The molecule has 3 nitrogen and oxygen atoms in total. The Morgan fingerprint density at radius 2 is 1.93 bits per heavy atom. The van der Waals surface area contributed by atoms with E-state index >= 15 is 0 Å². The highest BCUT2D eigenvalue weighted by molar-refractivity contribution is 9.10. The molecule has 0 aromatic heterocycles. The molecule has 15 heavy (non-hydrogen) atoms. The first-order chi connectivity index (χ1) is 7.04. The van der Waals surface area contributed by atoms with Crippen molar-refractivity contribution in [2.45, 2.75) is 19.3 Å². The molecule has 0 amide bonds. The van der Waals surface area contributed by atoms with Crippen LogP contribution in [0.2, 0.25) is 0 Å². The van der Waals surface area contributed by atoms with Gasteiger partial charge >= 0.3 is 0 Å². The van der Waals surface area contributed by atoms with Crippen molar-refractivity contribution in [3.05, 3.63) is 22.2 Å². The lowest BCUT2D eigenvalue weighted by Gasteiger charge is -2.18. The monoisotopic (exact) mass is 267 g/mol. The minimum absolute atomic E-state index is 0.248. The van der Waals surface area contributed by atoms with Crippen molar-refractivity contribution in [2.75, 3.05) is 6.79 Å². The first-order valence-corrected chi connectivity index (χ1v) is 5.35. The van der Waals surface area contributed by atoms with E-state index in [1.807, 2.05) is 26.0 Å². The molecule has 0 saturated carbocycles. The van der Waals surface area contributed by atoms with E-state index in [2.05, 4.69) is 22.0 Å². The van der Waals surface area contributed by atoms with Gasteiger partial charge in [0.15, 0.2) is 11.5 Å². The molecule has 1 aromatic carbocycles. The Bertz CT molecular complexity index is 449. The lowest BCUT2D eigenvalue weighted by atomic mass is 9.86. The van der Waals surface area contributed by atoms with Gasteiger partial charge in [0.2, 0.25) is 6.79 Å². The maximum absolute atomic E-state index is 9.08. The van der Waals surface area contributed by atoms with Crippen LogP contribution in [-0.4, -0.2) is 6.79 Å². The Morgan fingerprint density at radius 3 is 2.53 bits per heavy atom. The van der Waals surface area contributed by atoms with E-state index in [0.29, 0.717) is 5.75 Å². The average Bonchev–Trinajstić information content (AvgIpc) is 2.63. The summed E-state index contributed by atoms with van der Waals surface area (Å²) in [5.41, 5.74) is 0.369. The van der Waals surface area contributed by atoms with E-state index in [1.165, 1.54) is 0 Å². The van der Waals surface area contributed by atoms with Gasteiger partial charge in [-0.05, 0) is 31.5 Å². The number of benzene rings is 1. The summed E-state index contributed by atoms with van der Waals surface area (Å²) in [7, 11) is 0. The van der Waals surface area contributed by atoms with E-state index in [9.17, 15) is 0 Å². The third kappa shape index (κ3) is 1.68. The number of nitriles is 1. The Labute approximate surface area is 96.7 Å². The molecule has 0 saturated heterocycles. The summed E-state index contributed by atoms with van der Waals surface area (Å²) in [5, 5.41) is 9.08. The van der Waals surface area contributed by atoms with Crippen molar-refractivity contribution in [2.24, 2.45) is 0 Å². The van der Waals surface area contributed by atoms with Gasteiger partial charge in [-0.2, -0.15) is 5.26 Å². The Kier molecular flexibility index (Phi) is 2.35. The Morgan fingerprint density at radius 1 is 1.33 bits per heavy atom. The minimum atomic E-state index is -0.542. The topological polar surface area (TPSA) is 42.2 Å². The molecule has 2 rings (SSSR count). The molecule has 1 aliphatic rings. The number of rotatable bonds is 1. The predicted molar refractivity (Wildman–Crippen MR) is 58.9 cm³/mol. The van der Waals surface area contributed by atoms with Gasteiger partial charge in [0.05, 0.1) is 11.5 Å². The summed E-state index contributed by atoms with van der Waals surface area (Å²) < 4.78 is 11.4. The summed E-state index contributed by atoms with van der Waals surface area (Å²) in [6.45, 7) is 3.99. The lowest BCUT2D eigenvalue weighted by Crippen LogP contribution is -2.14. The third-order valence-corrected chi connectivity index (χ3v) is 3.07. The molecule has 0 radical (unpaired) electrons. The van der Waals surface area contributed by atoms with Crippen molar-refractivity contribution in [3.63, 3.8) is 0 Å². The van der Waals surface area contributed by atoms with Crippen LogP contribution < -0.4 is 9.47 Å². The zero-order valence-electron chi connectivity index (χ0n) is 8.50. The summed E-state index contributed by atoms with van der Waals surface area (Å²) in [6.07, 6.45) is 0. The molecule has 1 aliphatic heterocycles. The molecule has 4 heteroatoms. The van der Waals surface area contributed by atoms with Crippen LogP contribution in [0.1, 0.15) is 19.4 Å². The second-order valence-electron chi connectivity index (χ2n) is 3.92. The van der Waals surface area contributed by atoms with Crippen molar-refractivity contribution in [1.29, 1.82) is 5.26 Å². The van der Waals surface area contributed by atoms with Gasteiger partial charge in [-0.25, -0.2) is 0 Å². The SMILES string of the molecule is CC(C)(C#N)c1cc2c(cc1Br)OCO2. The van der Waals surface area contributed by atoms with Gasteiger partial charge in [-0.1, -0.05) is 15.9 Å². The predicted octanol–water partition coefficient (Wildman–Crippen LogP) is 2.98. The smallest absolute Gasteiger partial charge is 0.231 e. The molecule has 0 aliphatic carbocycles. The molecule has 0 spiro atoms. The van der Waals surface area contributed by atoms with Crippen LogP contribution in [0, 0.1) is 11.3 Å². The maximum Gasteiger partial charge on any atom is 0.231 e. The molecule has 0 N–H and O–H groups in total. The zero-order valence-corrected chi connectivity index (χ0v) is 10.1. The first kappa shape index (κ1) is 10.3. The minimum Gasteiger partial charge on any atom is -0.454 e. The number of nitrogens with zero attached hydrogens (tertiary/aromatic N) is 1. The molecule has 0 unspecified atom stereocenters. The summed E-state index contributed by atoms with van der Waals surface area (Å²) in [5.74, 6) is 1.43. The average molecular weight is 268 g/mol. The Hall–Kier alpha value is -1.21. The van der Waals surface area contributed by atoms with Crippen LogP contribution >= 0.6 is 15.9 Å². The van der Waals surface area contributed by atoms with E-state index in [-0.39, 0.29) is 6.79 Å². The van der Waals surface area contributed by atoms with Crippen LogP contribution in [0.5, 0.6) is 11.5 Å². The van der Waals surface area contributed by atoms with Crippen LogP contribution in [0.15, 0.2) is 16.6 Å². The van der Waals surface area contributed by atoms with Gasteiger partial charge in [0.25, 0.3) is 0 Å². The van der Waals surface area contributed by atoms with Gasteiger partial charge in [0, 0.05) is 4.47 Å². The number of hydrogen-bond donors (Lipinski definition) is 0. The van der Waals surface area contributed by atoms with Crippen LogP contribution in [0.25, 0.3) is 0 Å². The standard InChI is InChI=1S/C11H10BrNO2/c1-11(2,5-13)7-3-9-10(4-8(7)12)15-6-14-9/h3-4H,6H2,1-2H3. The molecule has 0 bridgehead atoms. The fraction of sp³-hybridized carbons (Fsp3) is 0.364. The van der Waals surface area contributed by atoms with Crippen molar-refractivity contribution < 1.29 is 9.47 Å². The number of fused-ring (bicyclic) bond motifs is 1. The molecule has 1 aromatic rings. The summed E-state index contributed by atoms with van der Waals surface area (Å²) in [6, 6.07) is 5.96. The van der Waals surface area contributed by atoms with Crippen molar-refractivity contribution in [1.82, 2.24) is 0 Å². The van der Waals surface area contributed by atoms with Gasteiger partial charge < -0.3 is 9.47 Å². The molecular weight excluding hydrogens is 258 g/mol. The number of halogens is 1. The van der Waals surface area contributed by atoms with E-state index in [4.69, 9.17) is 14.7 Å². The van der Waals surface area contributed by atoms with Crippen molar-refractivity contribution >= 4 is 15.9 Å². The largest absolute Gasteiger partial charge is 0.454 e. The second kappa shape index (κ2) is 3.42. The number of ether oxygens (including phenoxy) is 2. The zero-order chi connectivity index (χ0) is 11.1. The van der Waals surface area contributed by atoms with E-state index in [1.54, 1.807) is 0 Å². The fourth-order valence-corrected chi connectivity index (χ4v) is 2.27. The fourth-order valence-electron chi connectivity index (χ4n) is 1.46. The molecule has 0 fully saturated rings. The Balaban J connectivity index is 2.55. The van der Waals surface area contributed by atoms with E-state index < -0.39 is 5.41 Å². The lowest BCUT2D eigenvalue weighted by molar-refractivity contribution is 0.174. The van der Waals surface area contributed by atoms with Crippen LogP contribution in [0.3, 0.4) is 0 Å². The van der Waals surface area contributed by atoms with E-state index in [0.717, 1.165) is 15.8 Å². The van der Waals surface area contributed by atoms with Crippen molar-refractivity contribution in [3.8, 4) is 17.6 Å². The number of hydrogen-bond acceptors (Lipinski definition) is 3. The molecule has 78 valence electrons. The van der Waals surface area contributed by atoms with Crippen LogP contribution in [0.4, 0.5) is 0 Å². The highest BCUT2D eigenvalue weighted by Gasteiger charge is 2.26. The van der Waals surface area contributed by atoms with Gasteiger partial charge in [0.1, 0.15) is 0 Å². The molecule has 1 heterocycles. The maximum atomic E-state index is 9.08. The quantitative estimate of drug-likeness (QED) is 0.786. The van der Waals surface area contributed by atoms with Gasteiger partial charge in [-0.15, -0.1) is 0 Å². The van der Waals surface area contributed by atoms with Gasteiger partial charge in [-0.3, -0.25) is 0 Å². The summed E-state index contributed by atoms with van der Waals surface area (Å²) >= 11 is 3.44. The highest BCUT2D eigenvalue weighted by atomic mass is 79.9. The summed E-state index contributed by atoms with van der Waals surface area (Å²) in [4.78, 5) is 0. The normalized spacial score (nSPS) is 13.7. The molecule has 0 atom stereocenters. The first-order valence-electron chi connectivity index (χ1n) is 4.55. The highest BCUT2D eigenvalue weighted by Crippen LogP contribution is 2.40. The van der Waals surface area contributed by atoms with Crippen LogP contribution in [-0.2, 0) is 5.41 Å². The third-order valence-electron chi connectivity index (χ3n) is 2.42.